The van der Waals surface area contributed by atoms with Crippen LogP contribution in [0.15, 0.2) is 24.3 Å². The molecule has 0 aliphatic heterocycles. The molecule has 1 aliphatic rings. The van der Waals surface area contributed by atoms with Crippen LogP contribution >= 0.6 is 0 Å². The Morgan fingerprint density at radius 3 is 2.32 bits per heavy atom. The van der Waals surface area contributed by atoms with Crippen LogP contribution in [0.3, 0.4) is 0 Å². The lowest BCUT2D eigenvalue weighted by Crippen LogP contribution is -2.38. The van der Waals surface area contributed by atoms with Gasteiger partial charge in [0.1, 0.15) is 0 Å². The fraction of sp³-hybridized carbons (Fsp3) is 0.588. The van der Waals surface area contributed by atoms with E-state index >= 15 is 0 Å². The number of benzene rings is 1. The molecule has 1 aromatic rings. The Hall–Kier alpha value is -1.31. The molecule has 2 nitrogen and oxygen atoms in total. The van der Waals surface area contributed by atoms with E-state index in [1.165, 1.54) is 5.56 Å². The number of carbonyl (C=O) groups is 1. The Labute approximate surface area is 116 Å². The molecule has 0 radical (unpaired) electrons. The molecule has 2 unspecified atom stereocenters. The number of rotatable bonds is 2. The Kier molecular flexibility index (Phi) is 3.98. The molecule has 2 atom stereocenters. The van der Waals surface area contributed by atoms with Crippen molar-refractivity contribution in [2.24, 2.45) is 5.92 Å². The lowest BCUT2D eigenvalue weighted by atomic mass is 9.84. The molecule has 19 heavy (non-hydrogen) atoms. The van der Waals surface area contributed by atoms with Crippen LogP contribution in [0.4, 0.5) is 5.69 Å². The van der Waals surface area contributed by atoms with Crippen molar-refractivity contribution < 1.29 is 4.79 Å². The van der Waals surface area contributed by atoms with Crippen LogP contribution in [0.1, 0.15) is 52.5 Å². The number of Topliss-reactive ketones (excluding diaryl/α,β-unsaturated/α-hetero) is 1. The van der Waals surface area contributed by atoms with Crippen LogP contribution in [0.2, 0.25) is 0 Å². The molecule has 0 heterocycles. The summed E-state index contributed by atoms with van der Waals surface area (Å²) in [4.78, 5) is 12.0. The van der Waals surface area contributed by atoms with Crippen molar-refractivity contribution in [3.8, 4) is 0 Å². The Morgan fingerprint density at radius 1 is 1.16 bits per heavy atom. The number of nitrogens with one attached hydrogen (secondary N) is 1. The molecule has 0 bridgehead atoms. The van der Waals surface area contributed by atoms with Crippen LogP contribution in [0.25, 0.3) is 0 Å². The first-order chi connectivity index (χ1) is 8.88. The summed E-state index contributed by atoms with van der Waals surface area (Å²) in [5.41, 5.74) is 2.55. The maximum atomic E-state index is 12.0. The highest BCUT2D eigenvalue weighted by Crippen LogP contribution is 2.27. The third kappa shape index (κ3) is 3.37. The molecule has 2 heteroatoms. The zero-order valence-corrected chi connectivity index (χ0v) is 12.5. The van der Waals surface area contributed by atoms with E-state index in [0.717, 1.165) is 24.9 Å². The van der Waals surface area contributed by atoms with Crippen molar-refractivity contribution in [1.82, 2.24) is 0 Å². The van der Waals surface area contributed by atoms with E-state index in [9.17, 15) is 4.79 Å². The van der Waals surface area contributed by atoms with Crippen LogP contribution in [-0.4, -0.2) is 11.8 Å². The molecular weight excluding hydrogens is 234 g/mol. The molecule has 0 aromatic heterocycles. The van der Waals surface area contributed by atoms with Gasteiger partial charge in [-0.15, -0.1) is 0 Å². The predicted octanol–water partition coefficient (Wildman–Crippen LogP) is 4.15. The van der Waals surface area contributed by atoms with E-state index in [0.29, 0.717) is 11.7 Å². The van der Waals surface area contributed by atoms with Crippen LogP contribution in [0.5, 0.6) is 0 Å². The first-order valence-electron chi connectivity index (χ1n) is 7.28. The molecule has 2 rings (SSSR count). The molecule has 1 saturated carbocycles. The molecule has 1 N–H and O–H groups in total. The number of anilines is 1. The van der Waals surface area contributed by atoms with Crippen molar-refractivity contribution in [3.05, 3.63) is 29.8 Å². The zero-order valence-electron chi connectivity index (χ0n) is 12.5. The zero-order chi connectivity index (χ0) is 14.0. The van der Waals surface area contributed by atoms with Gasteiger partial charge in [-0.05, 0) is 41.9 Å². The number of hydrogen-bond acceptors (Lipinski definition) is 2. The quantitative estimate of drug-likeness (QED) is 0.864. The van der Waals surface area contributed by atoms with E-state index in [4.69, 9.17) is 0 Å². The largest absolute Gasteiger partial charge is 0.375 e. The topological polar surface area (TPSA) is 29.1 Å². The van der Waals surface area contributed by atoms with Gasteiger partial charge in [-0.1, -0.05) is 39.8 Å². The second-order valence-electron chi connectivity index (χ2n) is 6.79. The van der Waals surface area contributed by atoms with Gasteiger partial charge in [0.2, 0.25) is 0 Å². The number of hydrogen-bond donors (Lipinski definition) is 1. The van der Waals surface area contributed by atoms with Crippen LogP contribution < -0.4 is 5.32 Å². The SMILES string of the molecule is CC1CCCC(=O)C1Nc1ccc(C(C)(C)C)cc1. The lowest BCUT2D eigenvalue weighted by molar-refractivity contribution is -0.122. The molecule has 104 valence electrons. The molecule has 0 amide bonds. The Balaban J connectivity index is 2.09. The summed E-state index contributed by atoms with van der Waals surface area (Å²) in [6.07, 6.45) is 2.91. The maximum Gasteiger partial charge on any atom is 0.155 e. The van der Waals surface area contributed by atoms with Crippen LogP contribution in [-0.2, 0) is 10.2 Å². The summed E-state index contributed by atoms with van der Waals surface area (Å²) >= 11 is 0. The monoisotopic (exact) mass is 259 g/mol. The summed E-state index contributed by atoms with van der Waals surface area (Å²) in [5.74, 6) is 0.794. The first-order valence-corrected chi connectivity index (χ1v) is 7.28. The summed E-state index contributed by atoms with van der Waals surface area (Å²) in [6.45, 7) is 8.80. The van der Waals surface area contributed by atoms with Crippen molar-refractivity contribution in [3.63, 3.8) is 0 Å². The third-order valence-corrected chi connectivity index (χ3v) is 4.07. The highest BCUT2D eigenvalue weighted by Gasteiger charge is 2.28. The average Bonchev–Trinajstić information content (AvgIpc) is 2.33. The van der Waals surface area contributed by atoms with Gasteiger partial charge in [-0.3, -0.25) is 4.79 Å². The summed E-state index contributed by atoms with van der Waals surface area (Å²) < 4.78 is 0. The second kappa shape index (κ2) is 5.36. The Bertz CT molecular complexity index is 441. The highest BCUT2D eigenvalue weighted by atomic mass is 16.1. The minimum absolute atomic E-state index is 0.00534. The number of ketones is 1. The van der Waals surface area contributed by atoms with E-state index in [-0.39, 0.29) is 11.5 Å². The van der Waals surface area contributed by atoms with E-state index in [1.807, 2.05) is 0 Å². The van der Waals surface area contributed by atoms with E-state index < -0.39 is 0 Å². The van der Waals surface area contributed by atoms with Gasteiger partial charge in [0.05, 0.1) is 6.04 Å². The molecule has 1 aromatic carbocycles. The molecule has 0 saturated heterocycles. The smallest absolute Gasteiger partial charge is 0.155 e. The summed E-state index contributed by atoms with van der Waals surface area (Å²) in [6, 6.07) is 8.49. The van der Waals surface area contributed by atoms with Crippen molar-refractivity contribution in [2.45, 2.75) is 58.4 Å². The van der Waals surface area contributed by atoms with Crippen molar-refractivity contribution >= 4 is 11.5 Å². The van der Waals surface area contributed by atoms with Crippen LogP contribution in [0, 0.1) is 5.92 Å². The van der Waals surface area contributed by atoms with Crippen molar-refractivity contribution in [2.75, 3.05) is 5.32 Å². The first kappa shape index (κ1) is 14.1. The molecule has 0 spiro atoms. The minimum atomic E-state index is -0.00534. The average molecular weight is 259 g/mol. The van der Waals surface area contributed by atoms with Gasteiger partial charge in [-0.2, -0.15) is 0 Å². The van der Waals surface area contributed by atoms with Gasteiger partial charge >= 0.3 is 0 Å². The summed E-state index contributed by atoms with van der Waals surface area (Å²) in [7, 11) is 0. The molecule has 1 fully saturated rings. The standard InChI is InChI=1S/C17H25NO/c1-12-6-5-7-15(19)16(12)18-14-10-8-13(9-11-14)17(2,3)4/h8-12,16,18H,5-7H2,1-4H3. The normalized spacial score (nSPS) is 24.3. The lowest BCUT2D eigenvalue weighted by Gasteiger charge is -2.29. The number of carbonyl (C=O) groups excluding carboxylic acids is 1. The minimum Gasteiger partial charge on any atom is -0.375 e. The van der Waals surface area contributed by atoms with Gasteiger partial charge < -0.3 is 5.32 Å². The maximum absolute atomic E-state index is 12.0. The van der Waals surface area contributed by atoms with Gasteiger partial charge in [0, 0.05) is 12.1 Å². The predicted molar refractivity (Wildman–Crippen MR) is 80.6 cm³/mol. The summed E-state index contributed by atoms with van der Waals surface area (Å²) in [5, 5.41) is 3.41. The third-order valence-electron chi connectivity index (χ3n) is 4.07. The fourth-order valence-electron chi connectivity index (χ4n) is 2.71. The Morgan fingerprint density at radius 2 is 1.79 bits per heavy atom. The molecule has 1 aliphatic carbocycles. The highest BCUT2D eigenvalue weighted by molar-refractivity contribution is 5.87. The van der Waals surface area contributed by atoms with E-state index in [1.54, 1.807) is 0 Å². The van der Waals surface area contributed by atoms with E-state index in [2.05, 4.69) is 57.3 Å². The fourth-order valence-corrected chi connectivity index (χ4v) is 2.71. The van der Waals surface area contributed by atoms with Crippen molar-refractivity contribution in [1.29, 1.82) is 0 Å². The van der Waals surface area contributed by atoms with Gasteiger partial charge in [0.15, 0.2) is 5.78 Å². The van der Waals surface area contributed by atoms with Gasteiger partial charge in [0.25, 0.3) is 0 Å². The van der Waals surface area contributed by atoms with Gasteiger partial charge in [-0.25, -0.2) is 0 Å². The second-order valence-corrected chi connectivity index (χ2v) is 6.79. The molecular formula is C17H25NO.